The van der Waals surface area contributed by atoms with E-state index in [0.717, 1.165) is 10.9 Å². The van der Waals surface area contributed by atoms with Crippen LogP contribution in [0.4, 0.5) is 0 Å². The van der Waals surface area contributed by atoms with Crippen molar-refractivity contribution in [2.45, 2.75) is 39.2 Å². The van der Waals surface area contributed by atoms with Gasteiger partial charge in [-0.25, -0.2) is 9.78 Å². The number of carboxylic acids is 1. The fraction of sp³-hybridized carbons (Fsp3) is 0.273. The van der Waals surface area contributed by atoms with Crippen molar-refractivity contribution in [3.63, 3.8) is 0 Å². The molecule has 0 unspecified atom stereocenters. The largest absolute Gasteiger partial charge is 0.479 e. The fourth-order valence-electron chi connectivity index (χ4n) is 2.90. The van der Waals surface area contributed by atoms with Gasteiger partial charge in [0.25, 0.3) is 5.56 Å². The van der Waals surface area contributed by atoms with Gasteiger partial charge in [0.2, 0.25) is 0 Å². The Morgan fingerprint density at radius 3 is 2.47 bits per heavy atom. The molecule has 0 aliphatic heterocycles. The molecule has 0 amide bonds. The van der Waals surface area contributed by atoms with Crippen LogP contribution in [-0.4, -0.2) is 33.1 Å². The number of aromatic nitrogens is 2. The Balaban J connectivity index is 2.07. The van der Waals surface area contributed by atoms with E-state index >= 15 is 0 Å². The summed E-state index contributed by atoms with van der Waals surface area (Å²) in [5, 5.41) is 14.0. The standard InChI is InChI=1S/C22H20Br3N3O4/c1-4-11(2)20-27-18-6-5-14(23)9-15(18)21(29)28(20)26-10-13-7-16(24)19(17(25)8-13)32-12(3)22(30)31/h5-12H,4H2,1-3H3,(H,30,31)/t11-,12+/m1/s1. The topological polar surface area (TPSA) is 93.8 Å². The summed E-state index contributed by atoms with van der Waals surface area (Å²) >= 11 is 10.2. The van der Waals surface area contributed by atoms with Crippen LogP contribution < -0.4 is 10.3 Å². The summed E-state index contributed by atoms with van der Waals surface area (Å²) in [7, 11) is 0. The number of hydrogen-bond donors (Lipinski definition) is 1. The van der Waals surface area contributed by atoms with E-state index in [4.69, 9.17) is 14.8 Å². The summed E-state index contributed by atoms with van der Waals surface area (Å²) in [5.74, 6) is -0.0925. The first-order valence-corrected chi connectivity index (χ1v) is 12.1. The molecule has 168 valence electrons. The number of fused-ring (bicyclic) bond motifs is 1. The van der Waals surface area contributed by atoms with Gasteiger partial charge in [-0.1, -0.05) is 29.8 Å². The van der Waals surface area contributed by atoms with Crippen molar-refractivity contribution in [2.75, 3.05) is 0 Å². The minimum absolute atomic E-state index is 0.0275. The molecule has 1 N–H and O–H groups in total. The minimum atomic E-state index is -1.07. The first-order chi connectivity index (χ1) is 15.1. The molecule has 0 radical (unpaired) electrons. The quantitative estimate of drug-likeness (QED) is 0.327. The maximum Gasteiger partial charge on any atom is 0.344 e. The lowest BCUT2D eigenvalue weighted by Crippen LogP contribution is -2.24. The van der Waals surface area contributed by atoms with E-state index < -0.39 is 12.1 Å². The Kier molecular flexibility index (Phi) is 7.89. The molecule has 0 fully saturated rings. The second kappa shape index (κ2) is 10.3. The van der Waals surface area contributed by atoms with E-state index in [1.807, 2.05) is 26.0 Å². The summed E-state index contributed by atoms with van der Waals surface area (Å²) < 4.78 is 8.72. The molecule has 32 heavy (non-hydrogen) atoms. The number of benzene rings is 2. The van der Waals surface area contributed by atoms with E-state index in [1.165, 1.54) is 11.6 Å². The highest BCUT2D eigenvalue weighted by atomic mass is 79.9. The zero-order chi connectivity index (χ0) is 23.6. The van der Waals surface area contributed by atoms with Crippen molar-refractivity contribution in [2.24, 2.45) is 5.10 Å². The van der Waals surface area contributed by atoms with Crippen molar-refractivity contribution in [3.05, 3.63) is 65.5 Å². The molecule has 7 nitrogen and oxygen atoms in total. The third-order valence-corrected chi connectivity index (χ3v) is 6.54. The van der Waals surface area contributed by atoms with E-state index in [2.05, 4.69) is 52.9 Å². The lowest BCUT2D eigenvalue weighted by molar-refractivity contribution is -0.144. The van der Waals surface area contributed by atoms with Gasteiger partial charge < -0.3 is 9.84 Å². The van der Waals surface area contributed by atoms with E-state index in [9.17, 15) is 9.59 Å². The highest BCUT2D eigenvalue weighted by Gasteiger charge is 2.18. The Morgan fingerprint density at radius 1 is 1.22 bits per heavy atom. The first kappa shape index (κ1) is 24.6. The fourth-order valence-corrected chi connectivity index (χ4v) is 4.67. The molecule has 0 saturated carbocycles. The zero-order valence-corrected chi connectivity index (χ0v) is 22.2. The molecule has 0 saturated heterocycles. The van der Waals surface area contributed by atoms with E-state index in [1.54, 1.807) is 24.4 Å². The Hall–Kier alpha value is -2.04. The maximum absolute atomic E-state index is 13.2. The second-order valence-corrected chi connectivity index (χ2v) is 9.84. The van der Waals surface area contributed by atoms with Gasteiger partial charge in [0.15, 0.2) is 6.10 Å². The van der Waals surface area contributed by atoms with Crippen molar-refractivity contribution in [3.8, 4) is 5.75 Å². The lowest BCUT2D eigenvalue weighted by atomic mass is 10.1. The maximum atomic E-state index is 13.2. The average Bonchev–Trinajstić information content (AvgIpc) is 2.75. The number of aliphatic carboxylic acids is 1. The number of hydrogen-bond acceptors (Lipinski definition) is 5. The van der Waals surface area contributed by atoms with Gasteiger partial charge in [0.05, 0.1) is 26.1 Å². The highest BCUT2D eigenvalue weighted by molar-refractivity contribution is 9.11. The number of nitrogens with zero attached hydrogens (tertiary/aromatic N) is 3. The summed E-state index contributed by atoms with van der Waals surface area (Å²) in [6.45, 7) is 5.48. The monoisotopic (exact) mass is 627 g/mol. The molecule has 10 heteroatoms. The molecular weight excluding hydrogens is 610 g/mol. The van der Waals surface area contributed by atoms with Gasteiger partial charge in [0.1, 0.15) is 11.6 Å². The lowest BCUT2D eigenvalue weighted by Gasteiger charge is -2.15. The Labute approximate surface area is 209 Å². The normalized spacial score (nSPS) is 13.4. The SMILES string of the molecule is CC[C@@H](C)c1nc2ccc(Br)cc2c(=O)n1N=Cc1cc(Br)c(O[C@@H](C)C(=O)O)c(Br)c1. The van der Waals surface area contributed by atoms with Gasteiger partial charge in [-0.05, 0) is 81.1 Å². The molecular formula is C22H20Br3N3O4. The molecule has 0 aliphatic carbocycles. The van der Waals surface area contributed by atoms with Crippen LogP contribution >= 0.6 is 47.8 Å². The van der Waals surface area contributed by atoms with Crippen LogP contribution in [0.1, 0.15) is 44.5 Å². The zero-order valence-electron chi connectivity index (χ0n) is 17.5. The predicted molar refractivity (Wildman–Crippen MR) is 135 cm³/mol. The molecule has 1 heterocycles. The number of rotatable bonds is 7. The smallest absolute Gasteiger partial charge is 0.344 e. The summed E-state index contributed by atoms with van der Waals surface area (Å²) in [6.07, 6.45) is 1.34. The third-order valence-electron chi connectivity index (χ3n) is 4.87. The predicted octanol–water partition coefficient (Wildman–Crippen LogP) is 5.93. The molecule has 0 spiro atoms. The molecule has 0 bridgehead atoms. The number of carbonyl (C=O) groups is 1. The highest BCUT2D eigenvalue weighted by Crippen LogP contribution is 2.35. The molecule has 3 rings (SSSR count). The van der Waals surface area contributed by atoms with Gasteiger partial charge in [0, 0.05) is 10.4 Å². The molecule has 2 aromatic carbocycles. The third kappa shape index (κ3) is 5.29. The summed E-state index contributed by atoms with van der Waals surface area (Å²) in [4.78, 5) is 29.0. The van der Waals surface area contributed by atoms with Crippen LogP contribution in [-0.2, 0) is 4.79 Å². The Morgan fingerprint density at radius 2 is 1.88 bits per heavy atom. The molecule has 3 aromatic rings. The van der Waals surface area contributed by atoms with Crippen molar-refractivity contribution in [1.82, 2.24) is 9.66 Å². The number of carboxylic acid groups (broad SMARTS) is 1. The van der Waals surface area contributed by atoms with Gasteiger partial charge >= 0.3 is 5.97 Å². The molecule has 1 aromatic heterocycles. The van der Waals surface area contributed by atoms with Crippen molar-refractivity contribution in [1.29, 1.82) is 0 Å². The molecule has 2 atom stereocenters. The van der Waals surface area contributed by atoms with Crippen LogP contribution in [0.5, 0.6) is 5.75 Å². The van der Waals surface area contributed by atoms with E-state index in [0.29, 0.717) is 37.0 Å². The van der Waals surface area contributed by atoms with E-state index in [-0.39, 0.29) is 11.5 Å². The van der Waals surface area contributed by atoms with Gasteiger partial charge in [-0.2, -0.15) is 9.78 Å². The van der Waals surface area contributed by atoms with Crippen LogP contribution in [0.3, 0.4) is 0 Å². The summed E-state index contributed by atoms with van der Waals surface area (Å²) in [6, 6.07) is 8.87. The van der Waals surface area contributed by atoms with Gasteiger partial charge in [-0.15, -0.1) is 0 Å². The summed E-state index contributed by atoms with van der Waals surface area (Å²) in [5.41, 5.74) is 1.05. The first-order valence-electron chi connectivity index (χ1n) is 9.77. The van der Waals surface area contributed by atoms with Crippen molar-refractivity contribution < 1.29 is 14.6 Å². The average molecular weight is 630 g/mol. The minimum Gasteiger partial charge on any atom is -0.479 e. The van der Waals surface area contributed by atoms with Crippen LogP contribution in [0.15, 0.2) is 53.6 Å². The van der Waals surface area contributed by atoms with Gasteiger partial charge in [-0.3, -0.25) is 4.79 Å². The van der Waals surface area contributed by atoms with Crippen LogP contribution in [0.25, 0.3) is 10.9 Å². The number of halogens is 3. The Bertz CT molecular complexity index is 1250. The number of ether oxygens (including phenoxy) is 1. The van der Waals surface area contributed by atoms with Crippen LogP contribution in [0.2, 0.25) is 0 Å². The molecule has 0 aliphatic rings. The van der Waals surface area contributed by atoms with Crippen LogP contribution in [0, 0.1) is 0 Å². The second-order valence-electron chi connectivity index (χ2n) is 7.21. The van der Waals surface area contributed by atoms with Crippen molar-refractivity contribution >= 4 is 70.9 Å².